The number of hydrogen-bond donors (Lipinski definition) is 1. The third kappa shape index (κ3) is 0.852. The molecule has 14 heavy (non-hydrogen) atoms. The summed E-state index contributed by atoms with van der Waals surface area (Å²) in [6.45, 7) is 0.958. The van der Waals surface area contributed by atoms with E-state index in [-0.39, 0.29) is 5.41 Å². The lowest BCUT2D eigenvalue weighted by Gasteiger charge is -2.19. The molecule has 1 N–H and O–H groups in total. The number of fused-ring (bicyclic) bond motifs is 2. The Balaban J connectivity index is 2.22. The van der Waals surface area contributed by atoms with Gasteiger partial charge >= 0.3 is 0 Å². The number of benzene rings is 1. The molecule has 70 valence electrons. The van der Waals surface area contributed by atoms with Gasteiger partial charge in [0.15, 0.2) is 0 Å². The molecule has 1 aromatic carbocycles. The molecule has 2 aliphatic heterocycles. The molecule has 0 aliphatic carbocycles. The molecule has 2 heterocycles. The van der Waals surface area contributed by atoms with Crippen molar-refractivity contribution in [1.82, 2.24) is 5.32 Å². The molecular formula is C11H10N2S. The summed E-state index contributed by atoms with van der Waals surface area (Å²) in [5, 5.41) is 3.23. The average molecular weight is 202 g/mol. The van der Waals surface area contributed by atoms with E-state index in [1.54, 1.807) is 0 Å². The van der Waals surface area contributed by atoms with Gasteiger partial charge in [-0.25, -0.2) is 0 Å². The quantitative estimate of drug-likeness (QED) is 0.650. The van der Waals surface area contributed by atoms with E-state index in [1.165, 1.54) is 5.56 Å². The Morgan fingerprint density at radius 1 is 1.36 bits per heavy atom. The minimum absolute atomic E-state index is 0.0913. The van der Waals surface area contributed by atoms with Crippen molar-refractivity contribution in [3.8, 4) is 0 Å². The summed E-state index contributed by atoms with van der Waals surface area (Å²) in [4.78, 5) is 5.35. The number of hydrogen-bond acceptors (Lipinski definition) is 2. The molecule has 1 unspecified atom stereocenters. The van der Waals surface area contributed by atoms with Crippen LogP contribution in [0.15, 0.2) is 29.3 Å². The molecule has 1 saturated heterocycles. The van der Waals surface area contributed by atoms with Gasteiger partial charge in [-0.1, -0.05) is 30.4 Å². The maximum Gasteiger partial charge on any atom is 0.0916 e. The van der Waals surface area contributed by atoms with Gasteiger partial charge in [-0.2, -0.15) is 0 Å². The Labute approximate surface area is 88.0 Å². The molecule has 3 heteroatoms. The fraction of sp³-hybridized carbons (Fsp3) is 0.273. The summed E-state index contributed by atoms with van der Waals surface area (Å²) < 4.78 is 0. The molecule has 0 aromatic heterocycles. The van der Waals surface area contributed by atoms with E-state index in [4.69, 9.17) is 12.2 Å². The van der Waals surface area contributed by atoms with Crippen molar-refractivity contribution in [2.75, 3.05) is 6.54 Å². The maximum absolute atomic E-state index is 5.36. The van der Waals surface area contributed by atoms with E-state index in [2.05, 4.69) is 22.4 Å². The van der Waals surface area contributed by atoms with Crippen LogP contribution in [0.1, 0.15) is 12.0 Å². The lowest BCUT2D eigenvalue weighted by molar-refractivity contribution is 0.771. The highest BCUT2D eigenvalue weighted by molar-refractivity contribution is 7.80. The van der Waals surface area contributed by atoms with Crippen molar-refractivity contribution in [3.05, 3.63) is 29.8 Å². The van der Waals surface area contributed by atoms with Crippen LogP contribution in [0.4, 0.5) is 5.69 Å². The standard InChI is InChI=1S/C11H10N2S/c14-10-11(5-6-12-10)7-13-9-4-2-1-3-8(9)11/h1-4,7H,5-6H2,(H,12,14). The molecule has 0 radical (unpaired) electrons. The van der Waals surface area contributed by atoms with E-state index in [0.29, 0.717) is 0 Å². The Morgan fingerprint density at radius 3 is 3.00 bits per heavy atom. The SMILES string of the molecule is S=C1NCCC12C=Nc1ccccc12. The van der Waals surface area contributed by atoms with Gasteiger partial charge in [0.2, 0.25) is 0 Å². The van der Waals surface area contributed by atoms with Gasteiger partial charge in [-0.15, -0.1) is 0 Å². The lowest BCUT2D eigenvalue weighted by atomic mass is 9.82. The summed E-state index contributed by atoms with van der Waals surface area (Å²) >= 11 is 5.36. The van der Waals surface area contributed by atoms with Crippen LogP contribution in [0.3, 0.4) is 0 Å². The smallest absolute Gasteiger partial charge is 0.0916 e. The van der Waals surface area contributed by atoms with Crippen LogP contribution in [0, 0.1) is 0 Å². The summed E-state index contributed by atoms with van der Waals surface area (Å²) in [6, 6.07) is 8.24. The zero-order valence-electron chi connectivity index (χ0n) is 7.66. The van der Waals surface area contributed by atoms with Crippen LogP contribution in [0.25, 0.3) is 0 Å². The first-order chi connectivity index (χ1) is 6.83. The summed E-state index contributed by atoms with van der Waals surface area (Å²) in [5.41, 5.74) is 2.24. The summed E-state index contributed by atoms with van der Waals surface area (Å²) in [6.07, 6.45) is 3.03. The fourth-order valence-electron chi connectivity index (χ4n) is 2.24. The van der Waals surface area contributed by atoms with E-state index >= 15 is 0 Å². The second-order valence-electron chi connectivity index (χ2n) is 3.75. The summed E-state index contributed by atoms with van der Waals surface area (Å²) in [7, 11) is 0. The molecule has 1 fully saturated rings. The van der Waals surface area contributed by atoms with Gasteiger partial charge in [0, 0.05) is 12.8 Å². The first-order valence-electron chi connectivity index (χ1n) is 4.76. The van der Waals surface area contributed by atoms with Crippen molar-refractivity contribution in [3.63, 3.8) is 0 Å². The zero-order chi connectivity index (χ0) is 9.60. The van der Waals surface area contributed by atoms with Crippen molar-refractivity contribution >= 4 is 29.1 Å². The monoisotopic (exact) mass is 202 g/mol. The van der Waals surface area contributed by atoms with Crippen molar-refractivity contribution in [2.24, 2.45) is 4.99 Å². The van der Waals surface area contributed by atoms with Gasteiger partial charge in [0.25, 0.3) is 0 Å². The minimum atomic E-state index is -0.0913. The molecule has 3 rings (SSSR count). The molecule has 1 atom stereocenters. The zero-order valence-corrected chi connectivity index (χ0v) is 8.47. The first-order valence-corrected chi connectivity index (χ1v) is 5.17. The summed E-state index contributed by atoms with van der Waals surface area (Å²) in [5.74, 6) is 0. The van der Waals surface area contributed by atoms with E-state index < -0.39 is 0 Å². The van der Waals surface area contributed by atoms with Gasteiger partial charge in [-0.3, -0.25) is 4.99 Å². The predicted molar refractivity (Wildman–Crippen MR) is 61.5 cm³/mol. The number of thiocarbonyl (C=S) groups is 1. The molecule has 2 aliphatic rings. The van der Waals surface area contributed by atoms with E-state index in [1.807, 2.05) is 18.3 Å². The molecule has 0 bridgehead atoms. The van der Waals surface area contributed by atoms with Crippen LogP contribution in [0.2, 0.25) is 0 Å². The largest absolute Gasteiger partial charge is 0.379 e. The minimum Gasteiger partial charge on any atom is -0.379 e. The van der Waals surface area contributed by atoms with Gasteiger partial charge in [0.1, 0.15) is 0 Å². The normalized spacial score (nSPS) is 28.1. The second-order valence-corrected chi connectivity index (χ2v) is 4.16. The van der Waals surface area contributed by atoms with Gasteiger partial charge in [0.05, 0.1) is 16.1 Å². The van der Waals surface area contributed by atoms with E-state index in [0.717, 1.165) is 23.6 Å². The number of aliphatic imine (C=N–C) groups is 1. The van der Waals surface area contributed by atoms with Crippen LogP contribution in [-0.4, -0.2) is 17.7 Å². The average Bonchev–Trinajstić information content (AvgIpc) is 2.76. The lowest BCUT2D eigenvalue weighted by Crippen LogP contribution is -2.33. The molecule has 1 aromatic rings. The third-order valence-electron chi connectivity index (χ3n) is 3.02. The molecule has 1 spiro atoms. The maximum atomic E-state index is 5.36. The highest BCUT2D eigenvalue weighted by atomic mass is 32.1. The van der Waals surface area contributed by atoms with Crippen LogP contribution in [0.5, 0.6) is 0 Å². The van der Waals surface area contributed by atoms with Gasteiger partial charge in [-0.05, 0) is 18.1 Å². The van der Waals surface area contributed by atoms with Gasteiger partial charge < -0.3 is 5.32 Å². The van der Waals surface area contributed by atoms with Crippen LogP contribution >= 0.6 is 12.2 Å². The number of para-hydroxylation sites is 1. The van der Waals surface area contributed by atoms with Crippen LogP contribution < -0.4 is 5.32 Å². The number of rotatable bonds is 0. The highest BCUT2D eigenvalue weighted by Crippen LogP contribution is 2.41. The topological polar surface area (TPSA) is 24.4 Å². The molecular weight excluding hydrogens is 192 g/mol. The molecule has 0 amide bonds. The Morgan fingerprint density at radius 2 is 2.21 bits per heavy atom. The highest BCUT2D eigenvalue weighted by Gasteiger charge is 2.43. The molecule has 0 saturated carbocycles. The molecule has 2 nitrogen and oxygen atoms in total. The third-order valence-corrected chi connectivity index (χ3v) is 3.53. The van der Waals surface area contributed by atoms with Crippen LogP contribution in [-0.2, 0) is 5.41 Å². The predicted octanol–water partition coefficient (Wildman–Crippen LogP) is 1.96. The van der Waals surface area contributed by atoms with Crippen molar-refractivity contribution in [1.29, 1.82) is 0 Å². The first kappa shape index (κ1) is 8.12. The number of nitrogens with one attached hydrogen (secondary N) is 1. The van der Waals surface area contributed by atoms with Crippen molar-refractivity contribution in [2.45, 2.75) is 11.8 Å². The Bertz CT molecular complexity index is 439. The Kier molecular flexibility index (Phi) is 1.53. The van der Waals surface area contributed by atoms with Crippen molar-refractivity contribution < 1.29 is 0 Å². The Hall–Kier alpha value is -1.22. The van der Waals surface area contributed by atoms with E-state index in [9.17, 15) is 0 Å². The fourth-order valence-corrected chi connectivity index (χ4v) is 2.60. The number of nitrogens with zero attached hydrogens (tertiary/aromatic N) is 1. The second kappa shape index (κ2) is 2.64.